The van der Waals surface area contributed by atoms with Gasteiger partial charge in [-0.25, -0.2) is 4.98 Å². The molecule has 0 radical (unpaired) electrons. The van der Waals surface area contributed by atoms with Crippen molar-refractivity contribution in [1.29, 1.82) is 0 Å². The van der Waals surface area contributed by atoms with E-state index >= 15 is 0 Å². The average Bonchev–Trinajstić information content (AvgIpc) is 2.73. The Morgan fingerprint density at radius 1 is 1.23 bits per heavy atom. The number of rotatable bonds is 5. The van der Waals surface area contributed by atoms with Gasteiger partial charge in [0.15, 0.2) is 11.5 Å². The minimum atomic E-state index is -0.235. The first-order chi connectivity index (χ1) is 15.0. The van der Waals surface area contributed by atoms with Crippen LogP contribution >= 0.6 is 0 Å². The molecule has 2 fully saturated rings. The van der Waals surface area contributed by atoms with Crippen LogP contribution in [0, 0.1) is 5.41 Å². The lowest BCUT2D eigenvalue weighted by molar-refractivity contribution is -0.0284. The van der Waals surface area contributed by atoms with Crippen LogP contribution < -0.4 is 15.8 Å². The summed E-state index contributed by atoms with van der Waals surface area (Å²) in [6.07, 6.45) is 2.34. The van der Waals surface area contributed by atoms with Crippen molar-refractivity contribution in [2.75, 3.05) is 38.1 Å². The number of fused-ring (bicyclic) bond motifs is 1. The highest BCUT2D eigenvalue weighted by molar-refractivity contribution is 5.91. The van der Waals surface area contributed by atoms with Crippen LogP contribution in [0.25, 0.3) is 11.0 Å². The van der Waals surface area contributed by atoms with Gasteiger partial charge in [-0.3, -0.25) is 19.5 Å². The molecule has 3 aromatic heterocycles. The molecular weight excluding hydrogens is 396 g/mol. The molecule has 10 nitrogen and oxygen atoms in total. The summed E-state index contributed by atoms with van der Waals surface area (Å²) >= 11 is 0. The maximum absolute atomic E-state index is 12.0. The maximum atomic E-state index is 12.0. The van der Waals surface area contributed by atoms with Gasteiger partial charge < -0.3 is 15.2 Å². The second-order valence-corrected chi connectivity index (χ2v) is 8.42. The van der Waals surface area contributed by atoms with E-state index in [0.717, 1.165) is 55.3 Å². The fourth-order valence-electron chi connectivity index (χ4n) is 4.51. The van der Waals surface area contributed by atoms with E-state index in [4.69, 9.17) is 0 Å². The second kappa shape index (κ2) is 7.38. The molecule has 1 amide bonds. The third-order valence-corrected chi connectivity index (χ3v) is 6.03. The van der Waals surface area contributed by atoms with Gasteiger partial charge in [-0.05, 0) is 24.6 Å². The monoisotopic (exact) mass is 420 g/mol. The van der Waals surface area contributed by atoms with Crippen molar-refractivity contribution in [3.8, 4) is 0 Å². The van der Waals surface area contributed by atoms with E-state index in [0.29, 0.717) is 17.8 Å². The number of aromatic amines is 1. The van der Waals surface area contributed by atoms with E-state index < -0.39 is 0 Å². The standard InChI is InChI=1S/C21H24N8O2/c1-3-14-20(31)25-16-6-13(23-7-17(16)24-14)8-28-9-21(10-28)11-29(12-21)18-5-4-15(26-27-18)19(30)22-2/h4-7H,3,8-12H2,1-2H3,(H,22,30)(H,25,31). The first-order valence-corrected chi connectivity index (χ1v) is 10.4. The van der Waals surface area contributed by atoms with Gasteiger partial charge in [0, 0.05) is 45.2 Å². The molecule has 1 spiro atoms. The Morgan fingerprint density at radius 2 is 2.03 bits per heavy atom. The molecule has 0 bridgehead atoms. The van der Waals surface area contributed by atoms with Gasteiger partial charge >= 0.3 is 0 Å². The van der Waals surface area contributed by atoms with E-state index in [2.05, 4.69) is 40.3 Å². The summed E-state index contributed by atoms with van der Waals surface area (Å²) in [5, 5.41) is 10.7. The molecule has 2 N–H and O–H groups in total. The Morgan fingerprint density at radius 3 is 2.71 bits per heavy atom. The largest absolute Gasteiger partial charge is 0.354 e. The number of pyridine rings is 1. The molecule has 2 aliphatic heterocycles. The summed E-state index contributed by atoms with van der Waals surface area (Å²) in [7, 11) is 1.57. The van der Waals surface area contributed by atoms with Gasteiger partial charge in [-0.2, -0.15) is 0 Å². The predicted octanol–water partition coefficient (Wildman–Crippen LogP) is 0.352. The van der Waals surface area contributed by atoms with Crippen molar-refractivity contribution in [3.05, 3.63) is 51.8 Å². The molecule has 5 rings (SSSR count). The second-order valence-electron chi connectivity index (χ2n) is 8.42. The lowest BCUT2D eigenvalue weighted by atomic mass is 9.73. The van der Waals surface area contributed by atoms with Crippen LogP contribution in [0.1, 0.15) is 28.8 Å². The highest BCUT2D eigenvalue weighted by Crippen LogP contribution is 2.41. The molecule has 0 aliphatic carbocycles. The van der Waals surface area contributed by atoms with Gasteiger partial charge in [-0.1, -0.05) is 6.92 Å². The zero-order chi connectivity index (χ0) is 21.6. The number of hydrogen-bond donors (Lipinski definition) is 2. The number of aryl methyl sites for hydroxylation is 1. The SMILES string of the molecule is CCc1nc2cnc(CN3CC4(C3)CN(c3ccc(C(=O)NC)nn3)C4)cc2[nH]c1=O. The Bertz CT molecular complexity index is 1190. The molecule has 0 aromatic carbocycles. The molecule has 160 valence electrons. The van der Waals surface area contributed by atoms with Gasteiger partial charge in [0.25, 0.3) is 11.5 Å². The van der Waals surface area contributed by atoms with E-state index in [1.807, 2.05) is 19.1 Å². The van der Waals surface area contributed by atoms with Crippen molar-refractivity contribution in [1.82, 2.24) is 35.4 Å². The third-order valence-electron chi connectivity index (χ3n) is 6.03. The number of aromatic nitrogens is 5. The topological polar surface area (TPSA) is 120 Å². The summed E-state index contributed by atoms with van der Waals surface area (Å²) in [6, 6.07) is 5.47. The molecule has 0 saturated carbocycles. The number of amides is 1. The fourth-order valence-corrected chi connectivity index (χ4v) is 4.51. The molecule has 3 aromatic rings. The normalized spacial score (nSPS) is 17.4. The number of nitrogens with one attached hydrogen (secondary N) is 2. The number of carbonyl (C=O) groups excluding carboxylic acids is 1. The predicted molar refractivity (Wildman–Crippen MR) is 115 cm³/mol. The zero-order valence-corrected chi connectivity index (χ0v) is 17.6. The summed E-state index contributed by atoms with van der Waals surface area (Å²) < 4.78 is 0. The van der Waals surface area contributed by atoms with Crippen LogP contribution in [-0.4, -0.2) is 69.2 Å². The van der Waals surface area contributed by atoms with Gasteiger partial charge in [0.2, 0.25) is 0 Å². The molecule has 0 atom stereocenters. The van der Waals surface area contributed by atoms with Crippen LogP contribution in [0.3, 0.4) is 0 Å². The van der Waals surface area contributed by atoms with Crippen LogP contribution in [0.2, 0.25) is 0 Å². The summed E-state index contributed by atoms with van der Waals surface area (Å²) in [5.41, 5.74) is 3.39. The van der Waals surface area contributed by atoms with Gasteiger partial charge in [-0.15, -0.1) is 10.2 Å². The third kappa shape index (κ3) is 3.52. The van der Waals surface area contributed by atoms with Gasteiger partial charge in [0.05, 0.1) is 17.4 Å². The fraction of sp³-hybridized carbons (Fsp3) is 0.429. The number of H-pyrrole nitrogens is 1. The number of anilines is 1. The Balaban J connectivity index is 1.17. The highest BCUT2D eigenvalue weighted by Gasteiger charge is 2.52. The van der Waals surface area contributed by atoms with Crippen LogP contribution in [0.4, 0.5) is 5.82 Å². The number of hydrogen-bond acceptors (Lipinski definition) is 8. The Kier molecular flexibility index (Phi) is 4.66. The van der Waals surface area contributed by atoms with Crippen molar-refractivity contribution in [2.24, 2.45) is 5.41 Å². The van der Waals surface area contributed by atoms with Crippen molar-refractivity contribution >= 4 is 22.8 Å². The first-order valence-electron chi connectivity index (χ1n) is 10.4. The van der Waals surface area contributed by atoms with Crippen molar-refractivity contribution in [2.45, 2.75) is 19.9 Å². The lowest BCUT2D eigenvalue weighted by Crippen LogP contribution is -2.72. The summed E-state index contributed by atoms with van der Waals surface area (Å²) in [5.74, 6) is 0.567. The van der Waals surface area contributed by atoms with E-state index in [9.17, 15) is 9.59 Å². The van der Waals surface area contributed by atoms with E-state index in [-0.39, 0.29) is 16.9 Å². The quantitative estimate of drug-likeness (QED) is 0.607. The van der Waals surface area contributed by atoms with Crippen molar-refractivity contribution < 1.29 is 4.79 Å². The molecule has 31 heavy (non-hydrogen) atoms. The smallest absolute Gasteiger partial charge is 0.271 e. The maximum Gasteiger partial charge on any atom is 0.271 e. The van der Waals surface area contributed by atoms with E-state index in [1.54, 1.807) is 19.3 Å². The average molecular weight is 420 g/mol. The number of likely N-dealkylation sites (tertiary alicyclic amines) is 1. The Labute approximate surface area is 178 Å². The van der Waals surface area contributed by atoms with Crippen LogP contribution in [0.15, 0.2) is 29.2 Å². The van der Waals surface area contributed by atoms with Crippen LogP contribution in [0.5, 0.6) is 0 Å². The van der Waals surface area contributed by atoms with Crippen molar-refractivity contribution in [3.63, 3.8) is 0 Å². The summed E-state index contributed by atoms with van der Waals surface area (Å²) in [4.78, 5) is 40.0. The number of carbonyl (C=O) groups is 1. The molecule has 10 heteroatoms. The minimum absolute atomic E-state index is 0.129. The van der Waals surface area contributed by atoms with E-state index in [1.165, 1.54) is 0 Å². The molecule has 0 unspecified atom stereocenters. The first kappa shape index (κ1) is 19.6. The Hall–Kier alpha value is -3.40. The minimum Gasteiger partial charge on any atom is -0.354 e. The molecule has 2 aliphatic rings. The number of nitrogens with zero attached hydrogens (tertiary/aromatic N) is 6. The molecule has 5 heterocycles. The lowest BCUT2D eigenvalue weighted by Gasteiger charge is -2.60. The van der Waals surface area contributed by atoms with Crippen LogP contribution in [-0.2, 0) is 13.0 Å². The highest BCUT2D eigenvalue weighted by atomic mass is 16.1. The molecule has 2 saturated heterocycles. The van der Waals surface area contributed by atoms with Gasteiger partial charge in [0.1, 0.15) is 11.2 Å². The molecular formula is C21H24N8O2. The summed E-state index contributed by atoms with van der Waals surface area (Å²) in [6.45, 7) is 6.52. The zero-order valence-electron chi connectivity index (χ0n) is 17.6.